The number of rotatable bonds is 4. The van der Waals surface area contributed by atoms with Crippen LogP contribution in [-0.2, 0) is 0 Å². The van der Waals surface area contributed by atoms with Crippen LogP contribution in [0.2, 0.25) is 0 Å². The molecule has 0 aliphatic heterocycles. The van der Waals surface area contributed by atoms with Gasteiger partial charge in [-0.05, 0) is 42.8 Å². The molecular weight excluding hydrogens is 318 g/mol. The van der Waals surface area contributed by atoms with Crippen molar-refractivity contribution in [3.05, 3.63) is 82.4 Å². The maximum Gasteiger partial charge on any atom is 0.297 e. The van der Waals surface area contributed by atoms with E-state index in [2.05, 4.69) is 10.2 Å². The van der Waals surface area contributed by atoms with Crippen LogP contribution in [0.4, 0.5) is 17.1 Å². The predicted octanol–water partition coefficient (Wildman–Crippen LogP) is 5.69. The van der Waals surface area contributed by atoms with E-state index in [-0.39, 0.29) is 17.1 Å². The van der Waals surface area contributed by atoms with E-state index < -0.39 is 4.92 Å². The Morgan fingerprint density at radius 3 is 2.44 bits per heavy atom. The van der Waals surface area contributed by atoms with Gasteiger partial charge in [-0.25, -0.2) is 0 Å². The molecule has 0 atom stereocenters. The van der Waals surface area contributed by atoms with Gasteiger partial charge in [0.2, 0.25) is 0 Å². The average Bonchev–Trinajstić information content (AvgIpc) is 2.62. The number of hydrogen-bond donors (Lipinski definition) is 1. The van der Waals surface area contributed by atoms with Crippen LogP contribution >= 0.6 is 0 Å². The van der Waals surface area contributed by atoms with E-state index in [4.69, 9.17) is 0 Å². The molecule has 3 aromatic rings. The number of phenolic OH excluding ortho intramolecular Hbond substituents is 1. The number of phenols is 1. The first-order chi connectivity index (χ1) is 12.0. The van der Waals surface area contributed by atoms with E-state index in [1.54, 1.807) is 36.4 Å². The lowest BCUT2D eigenvalue weighted by Crippen LogP contribution is -1.90. The van der Waals surface area contributed by atoms with Crippen LogP contribution in [0.3, 0.4) is 0 Å². The molecule has 0 unspecified atom stereocenters. The van der Waals surface area contributed by atoms with Crippen molar-refractivity contribution in [2.24, 2.45) is 10.2 Å². The number of benzene rings is 3. The highest BCUT2D eigenvalue weighted by Crippen LogP contribution is 2.37. The summed E-state index contributed by atoms with van der Waals surface area (Å²) in [5, 5.41) is 29.5. The number of aromatic hydroxyl groups is 1. The molecule has 25 heavy (non-hydrogen) atoms. The maximum atomic E-state index is 11.4. The van der Waals surface area contributed by atoms with E-state index in [1.165, 1.54) is 12.1 Å². The molecule has 6 heteroatoms. The number of aryl methyl sites for hydroxylation is 1. The number of nitrogens with zero attached hydrogens (tertiary/aromatic N) is 3. The van der Waals surface area contributed by atoms with E-state index in [0.29, 0.717) is 16.8 Å². The maximum absolute atomic E-state index is 11.4. The number of nitro benzene ring substituents is 1. The second-order valence-electron chi connectivity index (χ2n) is 5.52. The SMILES string of the molecule is Cc1ccc(O)c(-c2ccc(N=Nc3ccccc3)c([N+](=O)[O-])c2)c1. The Bertz CT molecular complexity index is 953. The molecule has 0 saturated heterocycles. The average molecular weight is 333 g/mol. The van der Waals surface area contributed by atoms with Gasteiger partial charge < -0.3 is 5.11 Å². The Kier molecular flexibility index (Phi) is 4.52. The Morgan fingerprint density at radius 1 is 0.960 bits per heavy atom. The molecule has 0 spiro atoms. The molecule has 0 bridgehead atoms. The first-order valence-corrected chi connectivity index (χ1v) is 7.60. The lowest BCUT2D eigenvalue weighted by molar-refractivity contribution is -0.384. The van der Waals surface area contributed by atoms with Crippen LogP contribution < -0.4 is 0 Å². The molecule has 6 nitrogen and oxygen atoms in total. The Hall–Kier alpha value is -3.54. The third kappa shape index (κ3) is 3.69. The smallest absolute Gasteiger partial charge is 0.297 e. The summed E-state index contributed by atoms with van der Waals surface area (Å²) in [6, 6.07) is 18.7. The quantitative estimate of drug-likeness (QED) is 0.378. The van der Waals surface area contributed by atoms with Crippen molar-refractivity contribution in [1.82, 2.24) is 0 Å². The summed E-state index contributed by atoms with van der Waals surface area (Å²) in [5.74, 6) is 0.0681. The first-order valence-electron chi connectivity index (χ1n) is 7.60. The van der Waals surface area contributed by atoms with Gasteiger partial charge in [-0.15, -0.1) is 5.11 Å². The fraction of sp³-hybridized carbons (Fsp3) is 0.0526. The van der Waals surface area contributed by atoms with Gasteiger partial charge in [-0.3, -0.25) is 10.1 Å². The van der Waals surface area contributed by atoms with Gasteiger partial charge >= 0.3 is 0 Å². The second kappa shape index (κ2) is 6.92. The highest BCUT2D eigenvalue weighted by molar-refractivity contribution is 5.76. The first kappa shape index (κ1) is 16.3. The van der Waals surface area contributed by atoms with E-state index in [9.17, 15) is 15.2 Å². The van der Waals surface area contributed by atoms with Crippen LogP contribution in [0.1, 0.15) is 5.56 Å². The van der Waals surface area contributed by atoms with Gasteiger partial charge in [0.25, 0.3) is 5.69 Å². The molecule has 0 amide bonds. The fourth-order valence-electron chi connectivity index (χ4n) is 2.41. The summed E-state index contributed by atoms with van der Waals surface area (Å²) < 4.78 is 0. The molecule has 0 aliphatic rings. The summed E-state index contributed by atoms with van der Waals surface area (Å²) in [5.41, 5.74) is 2.63. The van der Waals surface area contributed by atoms with Crippen molar-refractivity contribution in [2.45, 2.75) is 6.92 Å². The Morgan fingerprint density at radius 2 is 1.72 bits per heavy atom. The standard InChI is InChI=1S/C19H15N3O3/c1-13-7-10-19(23)16(11-13)14-8-9-17(18(12-14)22(24)25)21-20-15-5-3-2-4-6-15/h2-12,23H,1H3. The molecule has 0 aliphatic carbocycles. The van der Waals surface area contributed by atoms with Crippen molar-refractivity contribution in [2.75, 3.05) is 0 Å². The molecule has 0 fully saturated rings. The second-order valence-corrected chi connectivity index (χ2v) is 5.52. The molecule has 0 aromatic heterocycles. The zero-order valence-corrected chi connectivity index (χ0v) is 13.5. The molecule has 0 saturated carbocycles. The van der Waals surface area contributed by atoms with Gasteiger partial charge in [0.05, 0.1) is 10.6 Å². The Balaban J connectivity index is 2.03. The molecule has 3 rings (SSSR count). The molecular formula is C19H15N3O3. The minimum Gasteiger partial charge on any atom is -0.507 e. The number of azo groups is 1. The fourth-order valence-corrected chi connectivity index (χ4v) is 2.41. The third-order valence-corrected chi connectivity index (χ3v) is 3.66. The summed E-state index contributed by atoms with van der Waals surface area (Å²) in [7, 11) is 0. The molecule has 0 heterocycles. The van der Waals surface area contributed by atoms with Crippen LogP contribution in [0.15, 0.2) is 77.0 Å². The van der Waals surface area contributed by atoms with E-state index >= 15 is 0 Å². The minimum atomic E-state index is -0.504. The van der Waals surface area contributed by atoms with Crippen LogP contribution in [0, 0.1) is 17.0 Å². The van der Waals surface area contributed by atoms with Gasteiger partial charge in [0.15, 0.2) is 5.69 Å². The van der Waals surface area contributed by atoms with Gasteiger partial charge in [0, 0.05) is 11.6 Å². The number of hydrogen-bond acceptors (Lipinski definition) is 5. The summed E-state index contributed by atoms with van der Waals surface area (Å²) in [6.45, 7) is 1.89. The van der Waals surface area contributed by atoms with Crippen molar-refractivity contribution >= 4 is 17.1 Å². The normalized spacial score (nSPS) is 10.9. The molecule has 3 aromatic carbocycles. The van der Waals surface area contributed by atoms with E-state index in [1.807, 2.05) is 25.1 Å². The highest BCUT2D eigenvalue weighted by atomic mass is 16.6. The lowest BCUT2D eigenvalue weighted by atomic mass is 10.0. The highest BCUT2D eigenvalue weighted by Gasteiger charge is 2.16. The van der Waals surface area contributed by atoms with Crippen LogP contribution in [-0.4, -0.2) is 10.0 Å². The largest absolute Gasteiger partial charge is 0.507 e. The van der Waals surface area contributed by atoms with Crippen LogP contribution in [0.5, 0.6) is 5.75 Å². The monoisotopic (exact) mass is 333 g/mol. The minimum absolute atomic E-state index is 0.0681. The molecule has 0 radical (unpaired) electrons. The molecule has 1 N–H and O–H groups in total. The van der Waals surface area contributed by atoms with Gasteiger partial charge in [0.1, 0.15) is 5.75 Å². The molecule has 124 valence electrons. The van der Waals surface area contributed by atoms with Crippen molar-refractivity contribution in [3.8, 4) is 16.9 Å². The zero-order valence-electron chi connectivity index (χ0n) is 13.5. The Labute approximate surface area is 144 Å². The van der Waals surface area contributed by atoms with Crippen molar-refractivity contribution in [3.63, 3.8) is 0 Å². The number of nitro groups is 1. The van der Waals surface area contributed by atoms with E-state index in [0.717, 1.165) is 5.56 Å². The van der Waals surface area contributed by atoms with Crippen molar-refractivity contribution in [1.29, 1.82) is 0 Å². The van der Waals surface area contributed by atoms with Crippen LogP contribution in [0.25, 0.3) is 11.1 Å². The summed E-state index contributed by atoms with van der Waals surface area (Å²) in [4.78, 5) is 10.9. The third-order valence-electron chi connectivity index (χ3n) is 3.66. The van der Waals surface area contributed by atoms with Gasteiger partial charge in [-0.1, -0.05) is 35.9 Å². The van der Waals surface area contributed by atoms with Gasteiger partial charge in [-0.2, -0.15) is 5.11 Å². The lowest BCUT2D eigenvalue weighted by Gasteiger charge is -2.07. The van der Waals surface area contributed by atoms with Crippen molar-refractivity contribution < 1.29 is 10.0 Å². The summed E-state index contributed by atoms with van der Waals surface area (Å²) in [6.07, 6.45) is 0. The topological polar surface area (TPSA) is 88.1 Å². The zero-order chi connectivity index (χ0) is 17.8. The predicted molar refractivity (Wildman–Crippen MR) is 95.6 cm³/mol. The summed E-state index contributed by atoms with van der Waals surface area (Å²) >= 11 is 0.